The van der Waals surface area contributed by atoms with E-state index >= 15 is 0 Å². The van der Waals surface area contributed by atoms with E-state index in [1.54, 1.807) is 18.2 Å². The van der Waals surface area contributed by atoms with Gasteiger partial charge in [0.1, 0.15) is 6.61 Å². The monoisotopic (exact) mass is 341 g/mol. The van der Waals surface area contributed by atoms with Crippen molar-refractivity contribution in [1.29, 1.82) is 0 Å². The van der Waals surface area contributed by atoms with Crippen molar-refractivity contribution in [2.45, 2.75) is 32.4 Å². The van der Waals surface area contributed by atoms with Gasteiger partial charge in [-0.15, -0.1) is 0 Å². The highest BCUT2D eigenvalue weighted by Gasteiger charge is 2.18. The van der Waals surface area contributed by atoms with Gasteiger partial charge in [-0.2, -0.15) is 4.98 Å². The van der Waals surface area contributed by atoms with Gasteiger partial charge in [0.05, 0.1) is 5.92 Å². The summed E-state index contributed by atoms with van der Waals surface area (Å²) in [7, 11) is 0. The summed E-state index contributed by atoms with van der Waals surface area (Å²) in [6.07, 6.45) is 0. The molecule has 3 rings (SSSR count). The zero-order chi connectivity index (χ0) is 17.8. The third-order valence-corrected chi connectivity index (χ3v) is 4.06. The molecule has 2 atom stereocenters. The first-order valence-electron chi connectivity index (χ1n) is 8.10. The number of halogens is 1. The highest BCUT2D eigenvalue weighted by atomic mass is 19.1. The van der Waals surface area contributed by atoms with Crippen LogP contribution in [-0.2, 0) is 6.61 Å². The number of nitrogens with two attached hydrogens (primary N) is 1. The smallest absolute Gasteiger partial charge is 0.231 e. The van der Waals surface area contributed by atoms with Crippen molar-refractivity contribution in [3.05, 3.63) is 65.8 Å². The molecule has 2 aromatic carbocycles. The Kier molecular flexibility index (Phi) is 5.09. The molecule has 0 aliphatic carbocycles. The zero-order valence-corrected chi connectivity index (χ0v) is 14.1. The molecule has 0 aliphatic rings. The van der Waals surface area contributed by atoms with Crippen molar-refractivity contribution < 1.29 is 13.7 Å². The summed E-state index contributed by atoms with van der Waals surface area (Å²) in [5.74, 6) is 0.900. The number of benzene rings is 2. The van der Waals surface area contributed by atoms with Gasteiger partial charge in [0, 0.05) is 11.6 Å². The number of aromatic nitrogens is 2. The van der Waals surface area contributed by atoms with E-state index in [2.05, 4.69) is 10.1 Å². The van der Waals surface area contributed by atoms with Crippen molar-refractivity contribution in [2.24, 2.45) is 5.73 Å². The molecule has 0 radical (unpaired) electrons. The standard InChI is InChI=1S/C19H20FN3O2/c1-12(13(2)21)19-22-18(23-25-19)15-9-7-14(8-10-15)11-24-17-6-4-3-5-16(17)20/h3-10,12-13H,11,21H2,1-2H3. The van der Waals surface area contributed by atoms with Crippen LogP contribution in [0.2, 0.25) is 0 Å². The van der Waals surface area contributed by atoms with Gasteiger partial charge in [-0.05, 0) is 24.6 Å². The molecule has 2 unspecified atom stereocenters. The van der Waals surface area contributed by atoms with Crippen LogP contribution in [-0.4, -0.2) is 16.2 Å². The van der Waals surface area contributed by atoms with Crippen molar-refractivity contribution >= 4 is 0 Å². The molecule has 5 nitrogen and oxygen atoms in total. The van der Waals surface area contributed by atoms with Crippen LogP contribution in [0.4, 0.5) is 4.39 Å². The maximum Gasteiger partial charge on any atom is 0.231 e. The van der Waals surface area contributed by atoms with Gasteiger partial charge in [0.2, 0.25) is 11.7 Å². The van der Waals surface area contributed by atoms with Crippen LogP contribution in [0.15, 0.2) is 53.1 Å². The van der Waals surface area contributed by atoms with E-state index in [4.69, 9.17) is 15.0 Å². The molecule has 0 aliphatic heterocycles. The molecule has 25 heavy (non-hydrogen) atoms. The van der Waals surface area contributed by atoms with Crippen molar-refractivity contribution in [3.63, 3.8) is 0 Å². The first-order valence-corrected chi connectivity index (χ1v) is 8.10. The number of hydrogen-bond acceptors (Lipinski definition) is 5. The van der Waals surface area contributed by atoms with Gasteiger partial charge in [0.15, 0.2) is 11.6 Å². The second-order valence-electron chi connectivity index (χ2n) is 6.02. The normalized spacial score (nSPS) is 13.4. The lowest BCUT2D eigenvalue weighted by Crippen LogP contribution is -2.22. The summed E-state index contributed by atoms with van der Waals surface area (Å²) >= 11 is 0. The van der Waals surface area contributed by atoms with E-state index < -0.39 is 0 Å². The largest absolute Gasteiger partial charge is 0.486 e. The molecule has 0 spiro atoms. The molecule has 1 aromatic heterocycles. The van der Waals surface area contributed by atoms with Gasteiger partial charge in [-0.1, -0.05) is 48.5 Å². The van der Waals surface area contributed by atoms with E-state index in [0.29, 0.717) is 11.7 Å². The molecule has 0 fully saturated rings. The molecule has 0 amide bonds. The lowest BCUT2D eigenvalue weighted by Gasteiger charge is -2.09. The lowest BCUT2D eigenvalue weighted by atomic mass is 10.1. The van der Waals surface area contributed by atoms with Crippen molar-refractivity contribution in [2.75, 3.05) is 0 Å². The fourth-order valence-corrected chi connectivity index (χ4v) is 2.24. The van der Waals surface area contributed by atoms with Gasteiger partial charge in [0.25, 0.3) is 0 Å². The van der Waals surface area contributed by atoms with E-state index in [0.717, 1.165) is 11.1 Å². The minimum Gasteiger partial charge on any atom is -0.486 e. The Bertz CT molecular complexity index is 831. The molecule has 2 N–H and O–H groups in total. The minimum atomic E-state index is -0.373. The molecule has 130 valence electrons. The number of ether oxygens (including phenoxy) is 1. The Morgan fingerprint density at radius 1 is 1.12 bits per heavy atom. The molecule has 6 heteroatoms. The Hall–Kier alpha value is -2.73. The third kappa shape index (κ3) is 4.03. The lowest BCUT2D eigenvalue weighted by molar-refractivity contribution is 0.290. The predicted molar refractivity (Wildman–Crippen MR) is 92.5 cm³/mol. The van der Waals surface area contributed by atoms with Crippen LogP contribution in [0.5, 0.6) is 5.75 Å². The summed E-state index contributed by atoms with van der Waals surface area (Å²) < 4.78 is 24.3. The average molecular weight is 341 g/mol. The summed E-state index contributed by atoms with van der Waals surface area (Å²) in [5, 5.41) is 4.00. The number of hydrogen-bond donors (Lipinski definition) is 1. The van der Waals surface area contributed by atoms with Gasteiger partial charge in [-0.25, -0.2) is 4.39 Å². The van der Waals surface area contributed by atoms with Gasteiger partial charge >= 0.3 is 0 Å². The fourth-order valence-electron chi connectivity index (χ4n) is 2.24. The van der Waals surface area contributed by atoms with E-state index in [1.165, 1.54) is 6.07 Å². The van der Waals surface area contributed by atoms with Crippen LogP contribution in [0.3, 0.4) is 0 Å². The van der Waals surface area contributed by atoms with Crippen molar-refractivity contribution in [3.8, 4) is 17.1 Å². The Balaban J connectivity index is 1.67. The molecule has 0 saturated heterocycles. The van der Waals surface area contributed by atoms with Crippen LogP contribution in [0.1, 0.15) is 31.2 Å². The van der Waals surface area contributed by atoms with Gasteiger partial charge < -0.3 is 15.0 Å². The second-order valence-corrected chi connectivity index (χ2v) is 6.02. The summed E-state index contributed by atoms with van der Waals surface area (Å²) in [5.41, 5.74) is 7.61. The molecule has 1 heterocycles. The zero-order valence-electron chi connectivity index (χ0n) is 14.1. The number of nitrogens with zero attached hydrogens (tertiary/aromatic N) is 2. The van der Waals surface area contributed by atoms with Crippen LogP contribution < -0.4 is 10.5 Å². The average Bonchev–Trinajstić information content (AvgIpc) is 3.11. The summed E-state index contributed by atoms with van der Waals surface area (Å²) in [6, 6.07) is 13.8. The molecular formula is C19H20FN3O2. The second kappa shape index (κ2) is 7.44. The molecule has 0 bridgehead atoms. The first kappa shape index (κ1) is 17.1. The predicted octanol–water partition coefficient (Wildman–Crippen LogP) is 3.91. The molecule has 3 aromatic rings. The molecular weight excluding hydrogens is 321 g/mol. The highest BCUT2D eigenvalue weighted by molar-refractivity contribution is 5.54. The molecule has 0 saturated carbocycles. The Labute approximate surface area is 145 Å². The fraction of sp³-hybridized carbons (Fsp3) is 0.263. The quantitative estimate of drug-likeness (QED) is 0.736. The maximum atomic E-state index is 13.5. The van der Waals surface area contributed by atoms with Crippen LogP contribution >= 0.6 is 0 Å². The van der Waals surface area contributed by atoms with E-state index in [1.807, 2.05) is 38.1 Å². The summed E-state index contributed by atoms with van der Waals surface area (Å²) in [6.45, 7) is 4.13. The van der Waals surface area contributed by atoms with E-state index in [-0.39, 0.29) is 30.1 Å². The highest BCUT2D eigenvalue weighted by Crippen LogP contribution is 2.22. The van der Waals surface area contributed by atoms with Gasteiger partial charge in [-0.3, -0.25) is 0 Å². The number of rotatable bonds is 6. The maximum absolute atomic E-state index is 13.5. The Morgan fingerprint density at radius 3 is 2.52 bits per heavy atom. The SMILES string of the molecule is CC(N)C(C)c1nc(-c2ccc(COc3ccccc3F)cc2)no1. The topological polar surface area (TPSA) is 74.2 Å². The number of para-hydroxylation sites is 1. The van der Waals surface area contributed by atoms with Crippen molar-refractivity contribution in [1.82, 2.24) is 10.1 Å². The Morgan fingerprint density at radius 2 is 1.84 bits per heavy atom. The van der Waals surface area contributed by atoms with Crippen LogP contribution in [0, 0.1) is 5.82 Å². The minimum absolute atomic E-state index is 0.00491. The van der Waals surface area contributed by atoms with E-state index in [9.17, 15) is 4.39 Å². The van der Waals surface area contributed by atoms with Crippen LogP contribution in [0.25, 0.3) is 11.4 Å². The third-order valence-electron chi connectivity index (χ3n) is 4.06. The summed E-state index contributed by atoms with van der Waals surface area (Å²) in [4.78, 5) is 4.40. The first-order chi connectivity index (χ1) is 12.0.